The average Bonchev–Trinajstić information content (AvgIpc) is 3.32. The van der Waals surface area contributed by atoms with Crippen molar-refractivity contribution < 1.29 is 9.59 Å². The molecule has 4 nitrogen and oxygen atoms in total. The molecule has 0 aliphatic heterocycles. The highest BCUT2D eigenvalue weighted by atomic mass is 35.5. The molecule has 1 aliphatic rings. The Morgan fingerprint density at radius 1 is 1.08 bits per heavy atom. The summed E-state index contributed by atoms with van der Waals surface area (Å²) < 4.78 is 0. The van der Waals surface area contributed by atoms with Gasteiger partial charge < -0.3 is 10.6 Å². The maximum atomic E-state index is 12.2. The molecule has 2 aromatic rings. The Labute approximate surface area is 166 Å². The van der Waals surface area contributed by atoms with E-state index in [1.807, 2.05) is 0 Å². The number of carbonyl (C=O) groups excluding carboxylic acids is 2. The molecule has 0 bridgehead atoms. The minimum atomic E-state index is -0.354. The van der Waals surface area contributed by atoms with Gasteiger partial charge in [0.05, 0.1) is 16.6 Å². The van der Waals surface area contributed by atoms with E-state index in [0.717, 1.165) is 12.8 Å². The highest BCUT2D eigenvalue weighted by Gasteiger charge is 2.36. The van der Waals surface area contributed by atoms with Crippen molar-refractivity contribution in [3.05, 3.63) is 56.2 Å². The van der Waals surface area contributed by atoms with E-state index in [1.54, 1.807) is 23.5 Å². The fourth-order valence-electron chi connectivity index (χ4n) is 3.37. The van der Waals surface area contributed by atoms with Crippen LogP contribution in [0.2, 0.25) is 10.0 Å². The maximum absolute atomic E-state index is 12.2. The van der Waals surface area contributed by atoms with Gasteiger partial charge in [-0.3, -0.25) is 9.59 Å². The summed E-state index contributed by atoms with van der Waals surface area (Å²) >= 11 is 13.5. The van der Waals surface area contributed by atoms with E-state index in [-0.39, 0.29) is 23.8 Å². The molecule has 1 saturated carbocycles. The smallest absolute Gasteiger partial charge is 0.251 e. The zero-order valence-corrected chi connectivity index (χ0v) is 16.5. The van der Waals surface area contributed by atoms with Gasteiger partial charge in [-0.15, -0.1) is 11.3 Å². The van der Waals surface area contributed by atoms with Crippen LogP contribution in [-0.2, 0) is 10.2 Å². The monoisotopic (exact) mass is 410 g/mol. The Bertz CT molecular complexity index is 787. The van der Waals surface area contributed by atoms with Crippen molar-refractivity contribution in [2.75, 3.05) is 13.1 Å². The lowest BCUT2D eigenvalue weighted by Gasteiger charge is -2.28. The van der Waals surface area contributed by atoms with Crippen LogP contribution in [0.4, 0.5) is 0 Å². The zero-order valence-electron chi connectivity index (χ0n) is 14.2. The zero-order chi connectivity index (χ0) is 18.6. The number of nitrogens with one attached hydrogen (secondary N) is 2. The summed E-state index contributed by atoms with van der Waals surface area (Å²) in [4.78, 5) is 25.7. The normalized spacial score (nSPS) is 15.6. The minimum Gasteiger partial charge on any atom is -0.354 e. The van der Waals surface area contributed by atoms with Crippen LogP contribution < -0.4 is 10.6 Å². The first-order valence-corrected chi connectivity index (χ1v) is 10.2. The van der Waals surface area contributed by atoms with Crippen molar-refractivity contribution >= 4 is 46.4 Å². The van der Waals surface area contributed by atoms with Gasteiger partial charge in [-0.2, -0.15) is 0 Å². The molecule has 3 rings (SSSR count). The van der Waals surface area contributed by atoms with Gasteiger partial charge in [0.25, 0.3) is 5.91 Å². The third kappa shape index (κ3) is 4.40. The second kappa shape index (κ2) is 8.42. The molecule has 1 heterocycles. The van der Waals surface area contributed by atoms with Gasteiger partial charge in [0.1, 0.15) is 0 Å². The largest absolute Gasteiger partial charge is 0.354 e. The SMILES string of the molecule is O=C(CNC(=O)c1ccc(Cl)c(Cl)c1)NCC1(c2cccs2)CCCC1. The number of amides is 2. The summed E-state index contributed by atoms with van der Waals surface area (Å²) in [5, 5.41) is 8.38. The second-order valence-corrected chi connectivity index (χ2v) is 8.32. The second-order valence-electron chi connectivity index (χ2n) is 6.55. The summed E-state index contributed by atoms with van der Waals surface area (Å²) in [6, 6.07) is 8.82. The van der Waals surface area contributed by atoms with E-state index >= 15 is 0 Å². The van der Waals surface area contributed by atoms with Gasteiger partial charge >= 0.3 is 0 Å². The first kappa shape index (κ1) is 19.2. The lowest BCUT2D eigenvalue weighted by atomic mass is 9.84. The summed E-state index contributed by atoms with van der Waals surface area (Å²) in [5.41, 5.74) is 0.412. The third-order valence-electron chi connectivity index (χ3n) is 4.82. The lowest BCUT2D eigenvalue weighted by molar-refractivity contribution is -0.120. The van der Waals surface area contributed by atoms with Crippen LogP contribution in [0.1, 0.15) is 40.9 Å². The molecule has 0 unspecified atom stereocenters. The molecular formula is C19H20Cl2N2O2S. The van der Waals surface area contributed by atoms with Gasteiger partial charge in [-0.25, -0.2) is 0 Å². The quantitative estimate of drug-likeness (QED) is 0.740. The molecule has 0 saturated heterocycles. The number of thiophene rings is 1. The van der Waals surface area contributed by atoms with E-state index < -0.39 is 0 Å². The van der Waals surface area contributed by atoms with Crippen molar-refractivity contribution in [3.8, 4) is 0 Å². The molecule has 0 radical (unpaired) electrons. The minimum absolute atomic E-state index is 0.0392. The topological polar surface area (TPSA) is 58.2 Å². The van der Waals surface area contributed by atoms with Crippen molar-refractivity contribution in [1.82, 2.24) is 10.6 Å². The van der Waals surface area contributed by atoms with Gasteiger partial charge in [-0.05, 0) is 42.5 Å². The van der Waals surface area contributed by atoms with Crippen LogP contribution in [0.5, 0.6) is 0 Å². The highest BCUT2D eigenvalue weighted by molar-refractivity contribution is 7.10. The van der Waals surface area contributed by atoms with Crippen LogP contribution in [-0.4, -0.2) is 24.9 Å². The Morgan fingerprint density at radius 3 is 2.50 bits per heavy atom. The Kier molecular flexibility index (Phi) is 6.22. The molecule has 26 heavy (non-hydrogen) atoms. The van der Waals surface area contributed by atoms with Gasteiger partial charge in [0.15, 0.2) is 0 Å². The number of hydrogen-bond acceptors (Lipinski definition) is 3. The Hall–Kier alpha value is -1.56. The fourth-order valence-corrected chi connectivity index (χ4v) is 4.66. The molecule has 1 aromatic heterocycles. The maximum Gasteiger partial charge on any atom is 0.251 e. The Morgan fingerprint density at radius 2 is 1.85 bits per heavy atom. The average molecular weight is 411 g/mol. The van der Waals surface area contributed by atoms with Crippen molar-refractivity contribution in [3.63, 3.8) is 0 Å². The third-order valence-corrected chi connectivity index (χ3v) is 6.68. The van der Waals surface area contributed by atoms with E-state index in [9.17, 15) is 9.59 Å². The Balaban J connectivity index is 1.52. The molecule has 7 heteroatoms. The van der Waals surface area contributed by atoms with Crippen LogP contribution in [0.15, 0.2) is 35.7 Å². The summed E-state index contributed by atoms with van der Waals surface area (Å²) in [7, 11) is 0. The van der Waals surface area contributed by atoms with Crippen molar-refractivity contribution in [2.24, 2.45) is 0 Å². The van der Waals surface area contributed by atoms with E-state index in [1.165, 1.54) is 23.8 Å². The van der Waals surface area contributed by atoms with Gasteiger partial charge in [0.2, 0.25) is 5.91 Å². The van der Waals surface area contributed by atoms with E-state index in [0.29, 0.717) is 22.2 Å². The van der Waals surface area contributed by atoms with E-state index in [2.05, 4.69) is 28.1 Å². The number of halogens is 2. The number of carbonyl (C=O) groups is 2. The van der Waals surface area contributed by atoms with Crippen molar-refractivity contribution in [1.29, 1.82) is 0 Å². The lowest BCUT2D eigenvalue weighted by Crippen LogP contribution is -2.43. The molecule has 1 aromatic carbocycles. The summed E-state index contributed by atoms with van der Waals surface area (Å²) in [6.45, 7) is 0.536. The van der Waals surface area contributed by atoms with Crippen LogP contribution in [0.3, 0.4) is 0 Å². The number of rotatable bonds is 6. The number of benzene rings is 1. The predicted molar refractivity (Wildman–Crippen MR) is 106 cm³/mol. The standard InChI is InChI=1S/C19H20Cl2N2O2S/c20-14-6-5-13(10-15(14)21)18(25)22-11-17(24)23-12-19(7-1-2-8-19)16-4-3-9-26-16/h3-6,9-10H,1-2,7-8,11-12H2,(H,22,25)(H,23,24). The van der Waals surface area contributed by atoms with Crippen molar-refractivity contribution in [2.45, 2.75) is 31.1 Å². The van der Waals surface area contributed by atoms with Gasteiger partial charge in [-0.1, -0.05) is 42.1 Å². The first-order chi connectivity index (χ1) is 12.5. The molecule has 1 aliphatic carbocycles. The van der Waals surface area contributed by atoms with Crippen LogP contribution in [0, 0.1) is 0 Å². The van der Waals surface area contributed by atoms with Gasteiger partial charge in [0, 0.05) is 22.4 Å². The summed E-state index contributed by atoms with van der Waals surface area (Å²) in [6.07, 6.45) is 4.54. The first-order valence-electron chi connectivity index (χ1n) is 8.54. The molecule has 2 amide bonds. The molecule has 0 atom stereocenters. The molecule has 138 valence electrons. The molecule has 1 fully saturated rings. The molecule has 0 spiro atoms. The molecule has 2 N–H and O–H groups in total. The number of hydrogen-bond donors (Lipinski definition) is 2. The highest BCUT2D eigenvalue weighted by Crippen LogP contribution is 2.42. The summed E-state index contributed by atoms with van der Waals surface area (Å²) in [5.74, 6) is -0.547. The van der Waals surface area contributed by atoms with E-state index in [4.69, 9.17) is 23.2 Å². The predicted octanol–water partition coefficient (Wildman–Crippen LogP) is 4.41. The van der Waals surface area contributed by atoms with Crippen LogP contribution >= 0.6 is 34.5 Å². The molecular weight excluding hydrogens is 391 g/mol. The fraction of sp³-hybridized carbons (Fsp3) is 0.368. The van der Waals surface area contributed by atoms with Crippen LogP contribution in [0.25, 0.3) is 0 Å².